The number of halogens is 6. The predicted octanol–water partition coefficient (Wildman–Crippen LogP) is 4.59. The molecule has 188 valence electrons. The summed E-state index contributed by atoms with van der Waals surface area (Å²) in [5.74, 6) is -3.57. The molecule has 4 heterocycles. The highest BCUT2D eigenvalue weighted by Crippen LogP contribution is 2.40. The van der Waals surface area contributed by atoms with E-state index < -0.39 is 48.0 Å². The van der Waals surface area contributed by atoms with E-state index in [0.29, 0.717) is 12.0 Å². The van der Waals surface area contributed by atoms with Gasteiger partial charge in [-0.1, -0.05) is 11.6 Å². The van der Waals surface area contributed by atoms with Gasteiger partial charge in [-0.15, -0.1) is 0 Å². The van der Waals surface area contributed by atoms with Crippen LogP contribution in [0.5, 0.6) is 0 Å². The number of piperazine rings is 1. The summed E-state index contributed by atoms with van der Waals surface area (Å²) in [7, 11) is 0. The van der Waals surface area contributed by atoms with Gasteiger partial charge in [-0.25, -0.2) is 13.8 Å². The fraction of sp³-hybridized carbons (Fsp3) is 0.455. The van der Waals surface area contributed by atoms with Gasteiger partial charge in [0.1, 0.15) is 10.8 Å². The first-order valence-corrected chi connectivity index (χ1v) is 11.3. The van der Waals surface area contributed by atoms with Gasteiger partial charge in [0.25, 0.3) is 5.92 Å². The minimum Gasteiger partial charge on any atom is -0.472 e. The molecule has 1 N–H and O–H groups in total. The van der Waals surface area contributed by atoms with Crippen LogP contribution in [0.1, 0.15) is 36.7 Å². The quantitative estimate of drug-likeness (QED) is 0.512. The smallest absolute Gasteiger partial charge is 0.420 e. The van der Waals surface area contributed by atoms with E-state index in [1.54, 1.807) is 0 Å². The average molecular weight is 519 g/mol. The highest BCUT2D eigenvalue weighted by Gasteiger charge is 2.49. The van der Waals surface area contributed by atoms with E-state index in [1.165, 1.54) is 29.7 Å². The molecule has 3 aromatic rings. The van der Waals surface area contributed by atoms with E-state index in [2.05, 4.69) is 4.98 Å². The average Bonchev–Trinajstić information content (AvgIpc) is 3.51. The number of imidazole rings is 1. The highest BCUT2D eigenvalue weighted by atomic mass is 35.5. The van der Waals surface area contributed by atoms with E-state index >= 15 is 0 Å². The summed E-state index contributed by atoms with van der Waals surface area (Å²) in [5, 5.41) is 10.6. The van der Waals surface area contributed by atoms with Crippen LogP contribution in [0, 0.1) is 0 Å². The summed E-state index contributed by atoms with van der Waals surface area (Å²) in [6.07, 6.45) is -2.23. The van der Waals surface area contributed by atoms with Gasteiger partial charge in [0.05, 0.1) is 30.7 Å². The Balaban J connectivity index is 1.46. The van der Waals surface area contributed by atoms with Crippen molar-refractivity contribution in [3.05, 3.63) is 47.3 Å². The molecule has 0 spiro atoms. The molecule has 0 aromatic carbocycles. The molecule has 1 aliphatic heterocycles. The Hall–Kier alpha value is -2.70. The largest absolute Gasteiger partial charge is 0.472 e. The Labute approximate surface area is 200 Å². The summed E-state index contributed by atoms with van der Waals surface area (Å²) in [5.41, 5.74) is -1.30. The molecule has 0 bridgehead atoms. The van der Waals surface area contributed by atoms with Crippen LogP contribution in [0.2, 0.25) is 5.15 Å². The van der Waals surface area contributed by atoms with Gasteiger partial charge in [-0.05, 0) is 25.0 Å². The molecule has 1 saturated heterocycles. The number of fused-ring (bicyclic) bond motifs is 1. The fourth-order valence-corrected chi connectivity index (χ4v) is 5.07. The molecule has 1 aliphatic carbocycles. The first kappa shape index (κ1) is 24.0. The van der Waals surface area contributed by atoms with Crippen molar-refractivity contribution in [2.45, 2.75) is 43.6 Å². The molecule has 3 aromatic heterocycles. The summed E-state index contributed by atoms with van der Waals surface area (Å²) in [6.45, 7) is -0.431. The number of alkyl halides is 5. The molecule has 7 nitrogen and oxygen atoms in total. The number of aliphatic hydroxyl groups excluding tert-OH is 1. The molecular weight excluding hydrogens is 499 g/mol. The Bertz CT molecular complexity index is 1260. The third kappa shape index (κ3) is 4.17. The Morgan fingerprint density at radius 1 is 1.26 bits per heavy atom. The third-order valence-electron chi connectivity index (χ3n) is 6.57. The van der Waals surface area contributed by atoms with Crippen LogP contribution in [0.4, 0.5) is 22.0 Å². The number of carbonyl (C=O) groups is 1. The molecule has 1 saturated carbocycles. The first-order valence-electron chi connectivity index (χ1n) is 10.9. The number of amides is 1. The predicted molar refractivity (Wildman–Crippen MR) is 114 cm³/mol. The summed E-state index contributed by atoms with van der Waals surface area (Å²) in [6, 6.07) is 1.20. The van der Waals surface area contributed by atoms with Crippen LogP contribution >= 0.6 is 11.6 Å². The van der Waals surface area contributed by atoms with Gasteiger partial charge in [-0.3, -0.25) is 14.1 Å². The Morgan fingerprint density at radius 2 is 2.03 bits per heavy atom. The molecular formula is C22H20ClF5N4O3. The molecule has 5 rings (SSSR count). The highest BCUT2D eigenvalue weighted by molar-refractivity contribution is 6.30. The first-order chi connectivity index (χ1) is 16.5. The van der Waals surface area contributed by atoms with Gasteiger partial charge in [0.2, 0.25) is 5.91 Å². The minimum atomic E-state index is -4.77. The number of carbonyl (C=O) groups excluding carboxylic acids is 1. The van der Waals surface area contributed by atoms with Crippen molar-refractivity contribution in [2.75, 3.05) is 19.6 Å². The molecule has 13 heteroatoms. The summed E-state index contributed by atoms with van der Waals surface area (Å²) in [4.78, 5) is 19.0. The summed E-state index contributed by atoms with van der Waals surface area (Å²) < 4.78 is 75.8. The van der Waals surface area contributed by atoms with Crippen molar-refractivity contribution in [3.63, 3.8) is 0 Å². The normalized spacial score (nSPS) is 22.3. The number of rotatable bonds is 4. The van der Waals surface area contributed by atoms with Crippen LogP contribution in [0.15, 0.2) is 35.3 Å². The topological polar surface area (TPSA) is 74.2 Å². The number of aromatic nitrogens is 2. The molecule has 2 aliphatic rings. The maximum atomic E-state index is 14.1. The Kier molecular flexibility index (Phi) is 5.80. The SMILES string of the molecule is O=C1CN(C(O)c2nc3c(C(F)(F)F)cc(-c4ccoc4)cn3c2Cl)CCN1C1CCCC1(F)F. The van der Waals surface area contributed by atoms with Crippen LogP contribution in [0.3, 0.4) is 0 Å². The number of aliphatic hydroxyl groups is 1. The zero-order chi connectivity index (χ0) is 25.1. The minimum absolute atomic E-state index is 0.0239. The van der Waals surface area contributed by atoms with Crippen molar-refractivity contribution in [1.29, 1.82) is 0 Å². The lowest BCUT2D eigenvalue weighted by Gasteiger charge is -2.40. The zero-order valence-corrected chi connectivity index (χ0v) is 18.9. The molecule has 1 amide bonds. The van der Waals surface area contributed by atoms with Crippen molar-refractivity contribution in [1.82, 2.24) is 19.2 Å². The summed E-state index contributed by atoms with van der Waals surface area (Å²) >= 11 is 6.36. The number of hydrogen-bond acceptors (Lipinski definition) is 5. The lowest BCUT2D eigenvalue weighted by Crippen LogP contribution is -2.57. The van der Waals surface area contributed by atoms with E-state index in [1.807, 2.05) is 0 Å². The Morgan fingerprint density at radius 3 is 2.63 bits per heavy atom. The van der Waals surface area contributed by atoms with Gasteiger partial charge >= 0.3 is 6.18 Å². The second-order valence-corrected chi connectivity index (χ2v) is 9.09. The van der Waals surface area contributed by atoms with E-state index in [0.717, 1.165) is 15.4 Å². The van der Waals surface area contributed by atoms with E-state index in [9.17, 15) is 31.9 Å². The van der Waals surface area contributed by atoms with E-state index in [-0.39, 0.29) is 42.3 Å². The van der Waals surface area contributed by atoms with Crippen molar-refractivity contribution in [3.8, 4) is 11.1 Å². The van der Waals surface area contributed by atoms with Crippen LogP contribution < -0.4 is 0 Å². The second kappa shape index (κ2) is 8.45. The number of pyridine rings is 1. The van der Waals surface area contributed by atoms with Crippen molar-refractivity contribution >= 4 is 23.2 Å². The lowest BCUT2D eigenvalue weighted by atomic mass is 10.1. The van der Waals surface area contributed by atoms with Crippen molar-refractivity contribution < 1.29 is 36.3 Å². The van der Waals surface area contributed by atoms with Crippen LogP contribution in [-0.4, -0.2) is 61.8 Å². The number of furan rings is 1. The monoisotopic (exact) mass is 518 g/mol. The van der Waals surface area contributed by atoms with Crippen LogP contribution in [0.25, 0.3) is 16.8 Å². The molecule has 2 fully saturated rings. The molecule has 2 atom stereocenters. The van der Waals surface area contributed by atoms with Crippen LogP contribution in [-0.2, 0) is 11.0 Å². The van der Waals surface area contributed by atoms with Gasteiger partial charge in [0.15, 0.2) is 11.9 Å². The molecule has 35 heavy (non-hydrogen) atoms. The van der Waals surface area contributed by atoms with Gasteiger partial charge < -0.3 is 14.4 Å². The number of hydrogen-bond donors (Lipinski definition) is 1. The van der Waals surface area contributed by atoms with Gasteiger partial charge in [0, 0.05) is 36.8 Å². The second-order valence-electron chi connectivity index (χ2n) is 8.73. The zero-order valence-electron chi connectivity index (χ0n) is 18.1. The molecule has 0 radical (unpaired) electrons. The molecule has 2 unspecified atom stereocenters. The van der Waals surface area contributed by atoms with Crippen molar-refractivity contribution in [2.24, 2.45) is 0 Å². The third-order valence-corrected chi connectivity index (χ3v) is 6.95. The fourth-order valence-electron chi connectivity index (χ4n) is 4.80. The van der Waals surface area contributed by atoms with Gasteiger partial charge in [-0.2, -0.15) is 13.2 Å². The maximum absolute atomic E-state index is 14.1. The number of nitrogens with zero attached hydrogens (tertiary/aromatic N) is 4. The maximum Gasteiger partial charge on any atom is 0.420 e. The lowest BCUT2D eigenvalue weighted by molar-refractivity contribution is -0.154. The van der Waals surface area contributed by atoms with E-state index in [4.69, 9.17) is 16.0 Å². The standard InChI is InChI=1S/C22H20ClF5N4O3/c23-18-17(20(34)30-5-6-31(16(33)10-30)15-2-1-4-21(15,24)25)29-19-14(22(26,27)28)8-13(9-32(18)19)12-3-7-35-11-12/h3,7-9,11,15,20,34H,1-2,4-6,10H2.